The summed E-state index contributed by atoms with van der Waals surface area (Å²) in [5.41, 5.74) is -0.478. The molecule has 5 aliphatic carbocycles. The summed E-state index contributed by atoms with van der Waals surface area (Å²) in [7, 11) is 0. The smallest absolute Gasteiger partial charge is 0.310 e. The maximum absolute atomic E-state index is 13.1. The Morgan fingerprint density at radius 1 is 0.782 bits per heavy atom. The first-order valence-electron chi connectivity index (χ1n) is 20.8. The van der Waals surface area contributed by atoms with Crippen molar-refractivity contribution in [1.29, 1.82) is 0 Å². The molecule has 13 heteroatoms. The fraction of sp³-hybridized carbons (Fsp3) is 0.929. The van der Waals surface area contributed by atoms with Crippen molar-refractivity contribution in [1.82, 2.24) is 0 Å². The molecular formula is C42H68O13. The Morgan fingerprint density at radius 3 is 2.13 bits per heavy atom. The zero-order chi connectivity index (χ0) is 40.3. The molecule has 0 bridgehead atoms. The Balaban J connectivity index is 1.17. The average Bonchev–Trinajstić information content (AvgIpc) is 3.13. The van der Waals surface area contributed by atoms with Gasteiger partial charge in [0.05, 0.1) is 30.8 Å². The monoisotopic (exact) mass is 780 g/mol. The van der Waals surface area contributed by atoms with Crippen LogP contribution in [0.3, 0.4) is 0 Å². The van der Waals surface area contributed by atoms with Crippen LogP contribution in [0.25, 0.3) is 0 Å². The van der Waals surface area contributed by atoms with Gasteiger partial charge in [0.2, 0.25) is 0 Å². The Bertz CT molecular complexity index is 1490. The van der Waals surface area contributed by atoms with E-state index in [1.807, 2.05) is 6.92 Å². The lowest BCUT2D eigenvalue weighted by Crippen LogP contribution is -2.67. The number of allylic oxidation sites excluding steroid dienone is 2. The summed E-state index contributed by atoms with van der Waals surface area (Å²) in [5, 5.41) is 85.7. The Kier molecular flexibility index (Phi) is 10.8. The van der Waals surface area contributed by atoms with Crippen molar-refractivity contribution in [3.05, 3.63) is 11.6 Å². The number of carboxylic acids is 1. The highest BCUT2D eigenvalue weighted by molar-refractivity contribution is 5.76. The normalized spacial score (nSPS) is 54.9. The highest BCUT2D eigenvalue weighted by Crippen LogP contribution is 2.76. The molecule has 4 saturated carbocycles. The molecule has 2 heterocycles. The highest BCUT2D eigenvalue weighted by Gasteiger charge is 2.70. The molecule has 55 heavy (non-hydrogen) atoms. The van der Waals surface area contributed by atoms with Crippen LogP contribution in [0.4, 0.5) is 0 Å². The van der Waals surface area contributed by atoms with Crippen LogP contribution in [0.5, 0.6) is 0 Å². The van der Waals surface area contributed by atoms with Crippen LogP contribution in [0.1, 0.15) is 113 Å². The molecule has 0 aromatic rings. The molecule has 7 rings (SSSR count). The van der Waals surface area contributed by atoms with Gasteiger partial charge in [0, 0.05) is 5.41 Å². The fourth-order valence-electron chi connectivity index (χ4n) is 13.6. The largest absolute Gasteiger partial charge is 0.481 e. The molecular weight excluding hydrogens is 712 g/mol. The maximum Gasteiger partial charge on any atom is 0.310 e. The molecule has 0 radical (unpaired) electrons. The van der Waals surface area contributed by atoms with E-state index in [0.717, 1.165) is 44.9 Å². The third-order valence-corrected chi connectivity index (χ3v) is 17.4. The molecule has 7 aliphatic rings. The highest BCUT2D eigenvalue weighted by atomic mass is 16.8. The van der Waals surface area contributed by atoms with E-state index in [1.165, 1.54) is 12.5 Å². The van der Waals surface area contributed by atoms with Crippen LogP contribution < -0.4 is 0 Å². The standard InChI is InChI=1S/C42H68O13/c1-21-28(45)30(47)32(49)34(52-21)55-33-31(48)29(46)24(19-43)53-35(33)54-27-11-12-38(4)25(39(27,5)20-44)10-13-41(7)26(38)9-8-22-23-18-37(2,3)14-16-42(23,36(50)51)17-15-40(22,41)6/h8,21,23-35,43-49H,9-20H2,1-7H3,(H,50,51)/t21-,23-,24+,25+,26+,27-,28-,29+,30+,31-,32+,33+,34+,35-,38-,39-,40+,41+,42-/m0/s1. The Morgan fingerprint density at radius 2 is 1.47 bits per heavy atom. The zero-order valence-corrected chi connectivity index (χ0v) is 33.8. The predicted octanol–water partition coefficient (Wildman–Crippen LogP) is 2.88. The summed E-state index contributed by atoms with van der Waals surface area (Å²) in [5.74, 6) is -0.323. The van der Waals surface area contributed by atoms with Crippen molar-refractivity contribution >= 4 is 5.97 Å². The summed E-state index contributed by atoms with van der Waals surface area (Å²) in [4.78, 5) is 13.1. The van der Waals surface area contributed by atoms with Crippen molar-refractivity contribution in [2.24, 2.45) is 50.2 Å². The van der Waals surface area contributed by atoms with Gasteiger partial charge in [-0.1, -0.05) is 53.2 Å². The van der Waals surface area contributed by atoms with E-state index in [2.05, 4.69) is 40.7 Å². The van der Waals surface area contributed by atoms with Crippen molar-refractivity contribution in [3.8, 4) is 0 Å². The van der Waals surface area contributed by atoms with Gasteiger partial charge in [0.1, 0.15) is 42.7 Å². The first kappa shape index (κ1) is 41.9. The molecule has 0 aromatic heterocycles. The minimum atomic E-state index is -1.68. The number of hydrogen-bond acceptors (Lipinski definition) is 12. The Hall–Kier alpha value is -1.23. The summed E-state index contributed by atoms with van der Waals surface area (Å²) in [6.07, 6.45) is -4.42. The van der Waals surface area contributed by atoms with Crippen molar-refractivity contribution in [3.63, 3.8) is 0 Å². The van der Waals surface area contributed by atoms with Crippen LogP contribution in [0.15, 0.2) is 11.6 Å². The summed E-state index contributed by atoms with van der Waals surface area (Å²) in [6, 6.07) is 0. The number of carboxylic acid groups (broad SMARTS) is 1. The van der Waals surface area contributed by atoms with Gasteiger partial charge in [0.25, 0.3) is 0 Å². The average molecular weight is 781 g/mol. The molecule has 19 atom stereocenters. The van der Waals surface area contributed by atoms with Gasteiger partial charge in [-0.25, -0.2) is 0 Å². The molecule has 0 amide bonds. The third-order valence-electron chi connectivity index (χ3n) is 17.4. The van der Waals surface area contributed by atoms with Gasteiger partial charge < -0.3 is 59.8 Å². The van der Waals surface area contributed by atoms with E-state index in [9.17, 15) is 45.6 Å². The van der Waals surface area contributed by atoms with Crippen LogP contribution in [0, 0.1) is 50.2 Å². The lowest BCUT2D eigenvalue weighted by atomic mass is 9.33. The van der Waals surface area contributed by atoms with Gasteiger partial charge in [0.15, 0.2) is 12.6 Å². The van der Waals surface area contributed by atoms with Crippen molar-refractivity contribution in [2.75, 3.05) is 13.2 Å². The number of aliphatic hydroxyl groups excluding tert-OH is 7. The van der Waals surface area contributed by atoms with Crippen molar-refractivity contribution in [2.45, 2.75) is 180 Å². The fourth-order valence-corrected chi connectivity index (χ4v) is 13.6. The van der Waals surface area contributed by atoms with E-state index < -0.39 is 90.9 Å². The number of hydrogen-bond donors (Lipinski definition) is 8. The van der Waals surface area contributed by atoms with Gasteiger partial charge in [-0.3, -0.25) is 4.79 Å². The van der Waals surface area contributed by atoms with Crippen LogP contribution in [0.2, 0.25) is 0 Å². The predicted molar refractivity (Wildman–Crippen MR) is 198 cm³/mol. The van der Waals surface area contributed by atoms with Gasteiger partial charge in [-0.05, 0) is 111 Å². The Labute approximate surface area is 325 Å². The number of carbonyl (C=O) groups is 1. The zero-order valence-electron chi connectivity index (χ0n) is 33.8. The molecule has 8 N–H and O–H groups in total. The van der Waals surface area contributed by atoms with Crippen LogP contribution in [-0.2, 0) is 23.7 Å². The second-order valence-electron chi connectivity index (χ2n) is 20.5. The second kappa shape index (κ2) is 14.2. The van der Waals surface area contributed by atoms with E-state index in [-0.39, 0.29) is 46.0 Å². The molecule has 2 saturated heterocycles. The van der Waals surface area contributed by atoms with Crippen LogP contribution in [-0.4, -0.2) is 128 Å². The lowest BCUT2D eigenvalue weighted by molar-refractivity contribution is -0.377. The molecule has 2 aliphatic heterocycles. The molecule has 6 fully saturated rings. The quantitative estimate of drug-likeness (QED) is 0.138. The number of ether oxygens (including phenoxy) is 4. The molecule has 314 valence electrons. The van der Waals surface area contributed by atoms with Crippen LogP contribution >= 0.6 is 0 Å². The number of aliphatic hydroxyl groups is 7. The third kappa shape index (κ3) is 6.15. The number of aliphatic carboxylic acids is 1. The molecule has 0 unspecified atom stereocenters. The topological polar surface area (TPSA) is 216 Å². The number of rotatable bonds is 7. The summed E-state index contributed by atoms with van der Waals surface area (Å²) in [6.45, 7) is 14.5. The summed E-state index contributed by atoms with van der Waals surface area (Å²) >= 11 is 0. The molecule has 0 aromatic carbocycles. The maximum atomic E-state index is 13.1. The molecule has 0 spiro atoms. The SMILES string of the molecule is C[C@@H]1O[C@H](O[C@H]2[C@H](O[C@H]3CC[C@@]4(C)[C@@H](CC[C@]5(C)[C@@H]4CC=C4[C@@H]6CC(C)(C)CC[C@]6(C(=O)O)CC[C@]45C)[C@]3(C)CO)O[C@H](CO)[C@@H](O)[C@@H]2O)[C@H](O)[C@H](O)[C@H]1O. The van der Waals surface area contributed by atoms with E-state index in [1.54, 1.807) is 0 Å². The van der Waals surface area contributed by atoms with E-state index >= 15 is 0 Å². The second-order valence-corrected chi connectivity index (χ2v) is 20.5. The van der Waals surface area contributed by atoms with Gasteiger partial charge in [-0.15, -0.1) is 0 Å². The minimum Gasteiger partial charge on any atom is -0.481 e. The van der Waals surface area contributed by atoms with E-state index in [0.29, 0.717) is 19.3 Å². The minimum absolute atomic E-state index is 0.0154. The summed E-state index contributed by atoms with van der Waals surface area (Å²) < 4.78 is 24.5. The van der Waals surface area contributed by atoms with Gasteiger partial charge in [-0.2, -0.15) is 0 Å². The van der Waals surface area contributed by atoms with Crippen molar-refractivity contribution < 1.29 is 64.6 Å². The first-order chi connectivity index (χ1) is 25.6. The first-order valence-corrected chi connectivity index (χ1v) is 20.8. The lowest BCUT2D eigenvalue weighted by Gasteiger charge is -2.71. The number of fused-ring (bicyclic) bond motifs is 7. The van der Waals surface area contributed by atoms with E-state index in [4.69, 9.17) is 18.9 Å². The molecule has 13 nitrogen and oxygen atoms in total. The van der Waals surface area contributed by atoms with Gasteiger partial charge >= 0.3 is 5.97 Å².